The van der Waals surface area contributed by atoms with Crippen molar-refractivity contribution in [3.63, 3.8) is 0 Å². The van der Waals surface area contributed by atoms with Gasteiger partial charge in [-0.1, -0.05) is 18.2 Å². The maximum atomic E-state index is 12.4. The Morgan fingerprint density at radius 1 is 1.27 bits per heavy atom. The molecule has 0 bridgehead atoms. The number of hydrogen-bond donors (Lipinski definition) is 2. The zero-order valence-electron chi connectivity index (χ0n) is 13.9. The van der Waals surface area contributed by atoms with Gasteiger partial charge in [-0.3, -0.25) is 9.79 Å². The van der Waals surface area contributed by atoms with E-state index in [-0.39, 0.29) is 12.5 Å². The van der Waals surface area contributed by atoms with Gasteiger partial charge in [-0.05, 0) is 36.2 Å². The molecular formula is C20H17N3O3. The molecule has 3 aromatic rings. The van der Waals surface area contributed by atoms with Crippen LogP contribution in [0.2, 0.25) is 0 Å². The van der Waals surface area contributed by atoms with Crippen LogP contribution in [0.5, 0.6) is 0 Å². The Labute approximate surface area is 150 Å². The van der Waals surface area contributed by atoms with Crippen LogP contribution >= 0.6 is 0 Å². The molecular weight excluding hydrogens is 330 g/mol. The SMILES string of the molecule is O=C1Nc2ncc(-c3ccco3)cc2C1C=Nc1ccccc1CCO. The van der Waals surface area contributed by atoms with Crippen LogP contribution in [0.1, 0.15) is 17.0 Å². The number of carbonyl (C=O) groups excluding carboxylic acids is 1. The first kappa shape index (κ1) is 16.2. The lowest BCUT2D eigenvalue weighted by molar-refractivity contribution is -0.115. The highest BCUT2D eigenvalue weighted by Gasteiger charge is 2.31. The van der Waals surface area contributed by atoms with Crippen molar-refractivity contribution >= 4 is 23.6 Å². The molecule has 1 aromatic carbocycles. The van der Waals surface area contributed by atoms with Crippen molar-refractivity contribution in [1.82, 2.24) is 4.98 Å². The lowest BCUT2D eigenvalue weighted by Crippen LogP contribution is -2.13. The number of amides is 1. The van der Waals surface area contributed by atoms with E-state index in [9.17, 15) is 9.90 Å². The highest BCUT2D eigenvalue weighted by Crippen LogP contribution is 2.33. The first-order chi connectivity index (χ1) is 12.8. The number of aromatic nitrogens is 1. The zero-order valence-corrected chi connectivity index (χ0v) is 13.9. The van der Waals surface area contributed by atoms with Crippen molar-refractivity contribution in [3.8, 4) is 11.3 Å². The molecule has 0 aliphatic carbocycles. The van der Waals surface area contributed by atoms with Crippen LogP contribution in [0.4, 0.5) is 11.5 Å². The van der Waals surface area contributed by atoms with Crippen molar-refractivity contribution in [2.45, 2.75) is 12.3 Å². The molecule has 1 amide bonds. The van der Waals surface area contributed by atoms with E-state index < -0.39 is 5.92 Å². The number of benzene rings is 1. The van der Waals surface area contributed by atoms with Crippen LogP contribution < -0.4 is 5.32 Å². The van der Waals surface area contributed by atoms with Crippen LogP contribution in [-0.2, 0) is 11.2 Å². The highest BCUT2D eigenvalue weighted by atomic mass is 16.3. The summed E-state index contributed by atoms with van der Waals surface area (Å²) >= 11 is 0. The molecule has 0 saturated carbocycles. The fourth-order valence-electron chi connectivity index (χ4n) is 3.01. The number of hydrogen-bond acceptors (Lipinski definition) is 5. The molecule has 0 fully saturated rings. The van der Waals surface area contributed by atoms with Crippen molar-refractivity contribution < 1.29 is 14.3 Å². The second kappa shape index (κ2) is 6.93. The lowest BCUT2D eigenvalue weighted by atomic mass is 10.0. The van der Waals surface area contributed by atoms with Crippen molar-refractivity contribution in [2.24, 2.45) is 4.99 Å². The summed E-state index contributed by atoms with van der Waals surface area (Å²) in [7, 11) is 0. The summed E-state index contributed by atoms with van der Waals surface area (Å²) in [6.45, 7) is 0.0513. The predicted octanol–water partition coefficient (Wildman–Crippen LogP) is 3.31. The van der Waals surface area contributed by atoms with E-state index in [2.05, 4.69) is 15.3 Å². The summed E-state index contributed by atoms with van der Waals surface area (Å²) in [4.78, 5) is 21.2. The molecule has 26 heavy (non-hydrogen) atoms. The van der Waals surface area contributed by atoms with Gasteiger partial charge in [0.25, 0.3) is 0 Å². The molecule has 0 saturated heterocycles. The van der Waals surface area contributed by atoms with Gasteiger partial charge in [0, 0.05) is 30.1 Å². The molecule has 6 heteroatoms. The quantitative estimate of drug-likeness (QED) is 0.693. The smallest absolute Gasteiger partial charge is 0.238 e. The fourth-order valence-corrected chi connectivity index (χ4v) is 3.01. The maximum Gasteiger partial charge on any atom is 0.238 e. The first-order valence-electron chi connectivity index (χ1n) is 8.34. The average molecular weight is 347 g/mol. The molecule has 0 radical (unpaired) electrons. The molecule has 1 aliphatic rings. The maximum absolute atomic E-state index is 12.4. The van der Waals surface area contributed by atoms with Gasteiger partial charge in [0.2, 0.25) is 5.91 Å². The molecule has 2 aromatic heterocycles. The number of furan rings is 1. The number of aliphatic hydroxyl groups excluding tert-OH is 1. The summed E-state index contributed by atoms with van der Waals surface area (Å²) in [6, 6.07) is 13.1. The minimum atomic E-state index is -0.519. The van der Waals surface area contributed by atoms with Crippen LogP contribution in [0, 0.1) is 0 Å². The number of anilines is 1. The third-order valence-corrected chi connectivity index (χ3v) is 4.32. The molecule has 0 spiro atoms. The van der Waals surface area contributed by atoms with Crippen molar-refractivity contribution in [2.75, 3.05) is 11.9 Å². The van der Waals surface area contributed by atoms with Gasteiger partial charge in [-0.25, -0.2) is 4.98 Å². The summed E-state index contributed by atoms with van der Waals surface area (Å²) < 4.78 is 5.41. The van der Waals surface area contributed by atoms with Gasteiger partial charge in [0.1, 0.15) is 17.5 Å². The van der Waals surface area contributed by atoms with Gasteiger partial charge >= 0.3 is 0 Å². The van der Waals surface area contributed by atoms with Crippen molar-refractivity contribution in [3.05, 3.63) is 66.1 Å². The molecule has 1 atom stereocenters. The van der Waals surface area contributed by atoms with Gasteiger partial charge in [0.15, 0.2) is 0 Å². The highest BCUT2D eigenvalue weighted by molar-refractivity contribution is 6.12. The summed E-state index contributed by atoms with van der Waals surface area (Å²) in [5.74, 6) is 0.566. The normalized spacial score (nSPS) is 16.0. The van der Waals surface area contributed by atoms with Crippen molar-refractivity contribution in [1.29, 1.82) is 0 Å². The van der Waals surface area contributed by atoms with Crippen LogP contribution in [0.3, 0.4) is 0 Å². The zero-order chi connectivity index (χ0) is 17.9. The Kier molecular flexibility index (Phi) is 4.33. The van der Waals surface area contributed by atoms with Crippen LogP contribution in [0.25, 0.3) is 11.3 Å². The lowest BCUT2D eigenvalue weighted by Gasteiger charge is -2.06. The number of carbonyl (C=O) groups is 1. The molecule has 1 unspecified atom stereocenters. The minimum Gasteiger partial charge on any atom is -0.464 e. The summed E-state index contributed by atoms with van der Waals surface area (Å²) in [5.41, 5.74) is 3.27. The monoisotopic (exact) mass is 347 g/mol. The Bertz CT molecular complexity index is 964. The Balaban J connectivity index is 1.67. The van der Waals surface area contributed by atoms with E-state index in [1.165, 1.54) is 0 Å². The third kappa shape index (κ3) is 3.02. The number of rotatable bonds is 5. The number of para-hydroxylation sites is 1. The Hall–Kier alpha value is -3.25. The molecule has 6 nitrogen and oxygen atoms in total. The molecule has 4 rings (SSSR count). The van der Waals surface area contributed by atoms with E-state index in [1.54, 1.807) is 18.7 Å². The number of pyridine rings is 1. The summed E-state index contributed by atoms with van der Waals surface area (Å²) in [5, 5.41) is 12.0. The van der Waals surface area contributed by atoms with Gasteiger partial charge < -0.3 is 14.8 Å². The fraction of sp³-hybridized carbons (Fsp3) is 0.150. The largest absolute Gasteiger partial charge is 0.464 e. The number of aliphatic hydroxyl groups is 1. The van der Waals surface area contributed by atoms with Gasteiger partial charge in [0.05, 0.1) is 12.0 Å². The Morgan fingerprint density at radius 3 is 2.96 bits per heavy atom. The van der Waals surface area contributed by atoms with Gasteiger partial charge in [-0.2, -0.15) is 0 Å². The Morgan fingerprint density at radius 2 is 2.15 bits per heavy atom. The number of aliphatic imine (C=N–C) groups is 1. The van der Waals surface area contributed by atoms with E-state index in [4.69, 9.17) is 4.42 Å². The summed E-state index contributed by atoms with van der Waals surface area (Å²) in [6.07, 6.45) is 5.42. The number of nitrogens with one attached hydrogen (secondary N) is 1. The average Bonchev–Trinajstić information content (AvgIpc) is 3.28. The number of fused-ring (bicyclic) bond motifs is 1. The predicted molar refractivity (Wildman–Crippen MR) is 98.7 cm³/mol. The molecule has 130 valence electrons. The molecule has 1 aliphatic heterocycles. The molecule has 3 heterocycles. The first-order valence-corrected chi connectivity index (χ1v) is 8.34. The van der Waals surface area contributed by atoms with E-state index >= 15 is 0 Å². The standard InChI is InChI=1S/C20H17N3O3/c24-8-7-13-4-1-2-5-17(13)21-12-16-15-10-14(18-6-3-9-26-18)11-22-19(15)23-20(16)25/h1-6,9-12,16,24H,7-8H2,(H,22,23,25). The number of nitrogens with zero attached hydrogens (tertiary/aromatic N) is 2. The van der Waals surface area contributed by atoms with E-state index in [0.717, 1.165) is 22.4 Å². The molecule has 2 N–H and O–H groups in total. The third-order valence-electron chi connectivity index (χ3n) is 4.32. The van der Waals surface area contributed by atoms with Crippen LogP contribution in [-0.4, -0.2) is 28.8 Å². The topological polar surface area (TPSA) is 87.7 Å². The second-order valence-corrected chi connectivity index (χ2v) is 5.99. The second-order valence-electron chi connectivity index (χ2n) is 5.99. The minimum absolute atomic E-state index is 0.0513. The van der Waals surface area contributed by atoms with Gasteiger partial charge in [-0.15, -0.1) is 0 Å². The van der Waals surface area contributed by atoms with E-state index in [1.807, 2.05) is 42.5 Å². The van der Waals surface area contributed by atoms with E-state index in [0.29, 0.717) is 18.0 Å². The van der Waals surface area contributed by atoms with Crippen LogP contribution in [0.15, 0.2) is 64.3 Å².